The summed E-state index contributed by atoms with van der Waals surface area (Å²) in [5.41, 5.74) is 0.265. The van der Waals surface area contributed by atoms with Gasteiger partial charge in [0, 0.05) is 13.6 Å². The first kappa shape index (κ1) is 12.3. The first-order valence-electron chi connectivity index (χ1n) is 4.74. The molecule has 0 aromatic carbocycles. The van der Waals surface area contributed by atoms with Gasteiger partial charge in [-0.25, -0.2) is 4.79 Å². The molecule has 0 aliphatic carbocycles. The van der Waals surface area contributed by atoms with Gasteiger partial charge in [-0.3, -0.25) is 0 Å². The molecule has 0 N–H and O–H groups in total. The molecule has 0 aliphatic rings. The van der Waals surface area contributed by atoms with Crippen LogP contribution in [0.4, 0.5) is 4.79 Å². The Labute approximate surface area is 81.1 Å². The summed E-state index contributed by atoms with van der Waals surface area (Å²) < 4.78 is 4.86. The van der Waals surface area contributed by atoms with Gasteiger partial charge in [-0.2, -0.15) is 0 Å². The summed E-state index contributed by atoms with van der Waals surface area (Å²) in [7, 11) is 1.77. The molecule has 3 nitrogen and oxygen atoms in total. The van der Waals surface area contributed by atoms with E-state index >= 15 is 0 Å². The Balaban J connectivity index is 3.74. The van der Waals surface area contributed by atoms with Crippen LogP contribution >= 0.6 is 0 Å². The van der Waals surface area contributed by atoms with Gasteiger partial charge in [-0.15, -0.1) is 0 Å². The van der Waals surface area contributed by atoms with Crippen molar-refractivity contribution in [3.8, 4) is 0 Å². The SMILES string of the molecule is CCOC(=O)N(C)CCC(C)(C)C. The molecule has 78 valence electrons. The molecule has 0 radical (unpaired) electrons. The third-order valence-corrected chi connectivity index (χ3v) is 1.78. The highest BCUT2D eigenvalue weighted by Gasteiger charge is 2.14. The van der Waals surface area contributed by atoms with Crippen molar-refractivity contribution in [1.29, 1.82) is 0 Å². The molecule has 0 saturated carbocycles. The zero-order chi connectivity index (χ0) is 10.5. The second-order valence-corrected chi connectivity index (χ2v) is 4.43. The van der Waals surface area contributed by atoms with Gasteiger partial charge in [0.05, 0.1) is 6.61 Å². The molecular formula is C10H21NO2. The average Bonchev–Trinajstić information content (AvgIpc) is 1.99. The summed E-state index contributed by atoms with van der Waals surface area (Å²) in [5.74, 6) is 0. The van der Waals surface area contributed by atoms with Crippen LogP contribution in [0, 0.1) is 5.41 Å². The Morgan fingerprint density at radius 2 is 1.92 bits per heavy atom. The van der Waals surface area contributed by atoms with Gasteiger partial charge >= 0.3 is 6.09 Å². The number of hydrogen-bond acceptors (Lipinski definition) is 2. The van der Waals surface area contributed by atoms with E-state index in [9.17, 15) is 4.79 Å². The maximum atomic E-state index is 11.2. The van der Waals surface area contributed by atoms with E-state index in [0.717, 1.165) is 13.0 Å². The molecule has 0 fully saturated rings. The zero-order valence-electron chi connectivity index (χ0n) is 9.39. The summed E-state index contributed by atoms with van der Waals surface area (Å²) in [6.45, 7) is 9.49. The van der Waals surface area contributed by atoms with E-state index < -0.39 is 0 Å². The van der Waals surface area contributed by atoms with Crippen molar-refractivity contribution >= 4 is 6.09 Å². The van der Waals surface area contributed by atoms with Crippen molar-refractivity contribution in [2.45, 2.75) is 34.1 Å². The molecule has 0 heterocycles. The number of amides is 1. The fourth-order valence-electron chi connectivity index (χ4n) is 0.828. The van der Waals surface area contributed by atoms with Gasteiger partial charge < -0.3 is 9.64 Å². The summed E-state index contributed by atoms with van der Waals surface area (Å²) >= 11 is 0. The number of nitrogens with zero attached hydrogens (tertiary/aromatic N) is 1. The zero-order valence-corrected chi connectivity index (χ0v) is 9.39. The van der Waals surface area contributed by atoms with Crippen molar-refractivity contribution < 1.29 is 9.53 Å². The Kier molecular flexibility index (Phi) is 4.81. The number of ether oxygens (including phenoxy) is 1. The van der Waals surface area contributed by atoms with Crippen molar-refractivity contribution in [2.24, 2.45) is 5.41 Å². The van der Waals surface area contributed by atoms with Crippen molar-refractivity contribution in [1.82, 2.24) is 4.90 Å². The first-order chi connectivity index (χ1) is 5.87. The third-order valence-electron chi connectivity index (χ3n) is 1.78. The van der Waals surface area contributed by atoms with Crippen molar-refractivity contribution in [3.05, 3.63) is 0 Å². The van der Waals surface area contributed by atoms with Crippen LogP contribution in [0.15, 0.2) is 0 Å². The van der Waals surface area contributed by atoms with Crippen LogP contribution in [0.1, 0.15) is 34.1 Å². The average molecular weight is 187 g/mol. The quantitative estimate of drug-likeness (QED) is 0.679. The van der Waals surface area contributed by atoms with Gasteiger partial charge in [-0.05, 0) is 18.8 Å². The summed E-state index contributed by atoms with van der Waals surface area (Å²) in [4.78, 5) is 12.8. The standard InChI is InChI=1S/C10H21NO2/c1-6-13-9(12)11(5)8-7-10(2,3)4/h6-8H2,1-5H3. The number of carbonyl (C=O) groups is 1. The predicted octanol–water partition coefficient (Wildman–Crippen LogP) is 2.51. The molecule has 0 unspecified atom stereocenters. The summed E-state index contributed by atoms with van der Waals surface area (Å²) in [5, 5.41) is 0. The number of hydrogen-bond donors (Lipinski definition) is 0. The molecule has 0 aromatic heterocycles. The highest BCUT2D eigenvalue weighted by atomic mass is 16.5. The largest absolute Gasteiger partial charge is 0.450 e. The lowest BCUT2D eigenvalue weighted by atomic mass is 9.92. The predicted molar refractivity (Wildman–Crippen MR) is 53.7 cm³/mol. The van der Waals surface area contributed by atoms with E-state index in [2.05, 4.69) is 20.8 Å². The molecule has 1 amide bonds. The maximum absolute atomic E-state index is 11.2. The van der Waals surface area contributed by atoms with E-state index in [1.165, 1.54) is 0 Å². The summed E-state index contributed by atoms with van der Waals surface area (Å²) in [6.07, 6.45) is 0.759. The Morgan fingerprint density at radius 1 is 1.38 bits per heavy atom. The number of rotatable bonds is 3. The highest BCUT2D eigenvalue weighted by Crippen LogP contribution is 2.18. The smallest absolute Gasteiger partial charge is 0.409 e. The molecule has 3 heteroatoms. The van der Waals surface area contributed by atoms with Crippen LogP contribution in [-0.2, 0) is 4.74 Å². The van der Waals surface area contributed by atoms with E-state index in [4.69, 9.17) is 4.74 Å². The molecule has 13 heavy (non-hydrogen) atoms. The fourth-order valence-corrected chi connectivity index (χ4v) is 0.828. The molecule has 0 spiro atoms. The molecule has 0 aromatic rings. The van der Waals surface area contributed by atoms with Crippen molar-refractivity contribution in [2.75, 3.05) is 20.2 Å². The molecular weight excluding hydrogens is 166 g/mol. The lowest BCUT2D eigenvalue weighted by Crippen LogP contribution is -2.30. The van der Waals surface area contributed by atoms with Crippen LogP contribution in [0.25, 0.3) is 0 Å². The van der Waals surface area contributed by atoms with Crippen LogP contribution < -0.4 is 0 Å². The Hall–Kier alpha value is -0.730. The van der Waals surface area contributed by atoms with E-state index in [1.807, 2.05) is 6.92 Å². The minimum Gasteiger partial charge on any atom is -0.450 e. The molecule has 0 atom stereocenters. The summed E-state index contributed by atoms with van der Waals surface area (Å²) in [6, 6.07) is 0. The normalized spacial score (nSPS) is 11.2. The second kappa shape index (κ2) is 5.10. The molecule has 0 saturated heterocycles. The van der Waals surface area contributed by atoms with E-state index in [0.29, 0.717) is 6.61 Å². The van der Waals surface area contributed by atoms with Crippen LogP contribution in [0.3, 0.4) is 0 Å². The van der Waals surface area contributed by atoms with Gasteiger partial charge in [-0.1, -0.05) is 20.8 Å². The lowest BCUT2D eigenvalue weighted by Gasteiger charge is -2.22. The highest BCUT2D eigenvalue weighted by molar-refractivity contribution is 5.67. The number of carbonyl (C=O) groups excluding carboxylic acids is 1. The minimum atomic E-state index is -0.230. The van der Waals surface area contributed by atoms with E-state index in [-0.39, 0.29) is 11.5 Å². The molecule has 0 rings (SSSR count). The van der Waals surface area contributed by atoms with Crippen LogP contribution in [-0.4, -0.2) is 31.2 Å². The fraction of sp³-hybridized carbons (Fsp3) is 0.900. The van der Waals surface area contributed by atoms with Gasteiger partial charge in [0.2, 0.25) is 0 Å². The van der Waals surface area contributed by atoms with E-state index in [1.54, 1.807) is 11.9 Å². The van der Waals surface area contributed by atoms with Gasteiger partial charge in [0.1, 0.15) is 0 Å². The van der Waals surface area contributed by atoms with Crippen molar-refractivity contribution in [3.63, 3.8) is 0 Å². The minimum absolute atomic E-state index is 0.230. The lowest BCUT2D eigenvalue weighted by molar-refractivity contribution is 0.112. The van der Waals surface area contributed by atoms with Crippen LogP contribution in [0.2, 0.25) is 0 Å². The van der Waals surface area contributed by atoms with Gasteiger partial charge in [0.15, 0.2) is 0 Å². The van der Waals surface area contributed by atoms with Crippen LogP contribution in [0.5, 0.6) is 0 Å². The molecule has 0 bridgehead atoms. The first-order valence-corrected chi connectivity index (χ1v) is 4.74. The Bertz CT molecular complexity index is 161. The third kappa shape index (κ3) is 6.43. The van der Waals surface area contributed by atoms with Gasteiger partial charge in [0.25, 0.3) is 0 Å². The topological polar surface area (TPSA) is 29.5 Å². The maximum Gasteiger partial charge on any atom is 0.409 e. The monoisotopic (exact) mass is 187 g/mol. The molecule has 0 aliphatic heterocycles. The Morgan fingerprint density at radius 3 is 2.31 bits per heavy atom. The second-order valence-electron chi connectivity index (χ2n) is 4.43.